The molecule has 1 rings (SSSR count). The number of carbonyl (C=O) groups is 2. The topological polar surface area (TPSA) is 139 Å². The van der Waals surface area contributed by atoms with Gasteiger partial charge in [-0.25, -0.2) is 18.4 Å². The zero-order chi connectivity index (χ0) is 15.2. The van der Waals surface area contributed by atoms with E-state index in [2.05, 4.69) is 10.6 Å². The molecule has 0 fully saturated rings. The summed E-state index contributed by atoms with van der Waals surface area (Å²) in [5, 5.41) is 17.9. The number of carbonyl (C=O) groups excluding carboxylic acids is 1. The largest absolute Gasteiger partial charge is 0.480 e. The Labute approximate surface area is 116 Å². The van der Waals surface area contributed by atoms with Crippen molar-refractivity contribution in [2.24, 2.45) is 5.14 Å². The van der Waals surface area contributed by atoms with E-state index in [9.17, 15) is 18.0 Å². The first-order chi connectivity index (χ1) is 9.29. The number of amides is 2. The van der Waals surface area contributed by atoms with Crippen molar-refractivity contribution in [3.05, 3.63) is 29.8 Å². The smallest absolute Gasteiger partial charge is 0.323 e. The normalized spacial score (nSPS) is 10.8. The Morgan fingerprint density at radius 2 is 1.75 bits per heavy atom. The molecule has 0 aromatic heterocycles. The molecule has 0 radical (unpaired) electrons. The van der Waals surface area contributed by atoms with Crippen molar-refractivity contribution in [3.63, 3.8) is 0 Å². The molecule has 0 saturated carbocycles. The molecule has 0 atom stereocenters. The van der Waals surface area contributed by atoms with Gasteiger partial charge in [0.2, 0.25) is 10.0 Å². The molecule has 20 heavy (non-hydrogen) atoms. The fraction of sp³-hybridized carbons (Fsp3) is 0.273. The van der Waals surface area contributed by atoms with Crippen LogP contribution in [0, 0.1) is 0 Å². The number of nitrogens with one attached hydrogen (secondary N) is 2. The van der Waals surface area contributed by atoms with Crippen molar-refractivity contribution >= 4 is 22.0 Å². The lowest BCUT2D eigenvalue weighted by molar-refractivity contribution is -0.135. The maximum absolute atomic E-state index is 11.1. The van der Waals surface area contributed by atoms with Gasteiger partial charge in [0.05, 0.1) is 4.90 Å². The fourth-order valence-corrected chi connectivity index (χ4v) is 1.90. The van der Waals surface area contributed by atoms with Crippen LogP contribution in [0.2, 0.25) is 0 Å². The number of primary sulfonamides is 1. The highest BCUT2D eigenvalue weighted by Gasteiger charge is 2.07. The average Bonchev–Trinajstić information content (AvgIpc) is 2.36. The van der Waals surface area contributed by atoms with E-state index in [1.807, 2.05) is 0 Å². The predicted molar refractivity (Wildman–Crippen MR) is 70.6 cm³/mol. The Morgan fingerprint density at radius 1 is 1.15 bits per heavy atom. The van der Waals surface area contributed by atoms with E-state index in [1.165, 1.54) is 12.1 Å². The van der Waals surface area contributed by atoms with Gasteiger partial charge in [-0.2, -0.15) is 0 Å². The van der Waals surface area contributed by atoms with Crippen LogP contribution in [0.15, 0.2) is 29.2 Å². The van der Waals surface area contributed by atoms with Gasteiger partial charge in [0.25, 0.3) is 0 Å². The maximum atomic E-state index is 11.1. The second kappa shape index (κ2) is 6.87. The van der Waals surface area contributed by atoms with Gasteiger partial charge in [-0.15, -0.1) is 0 Å². The van der Waals surface area contributed by atoms with E-state index >= 15 is 0 Å². The number of nitrogens with two attached hydrogens (primary N) is 1. The van der Waals surface area contributed by atoms with E-state index in [1.54, 1.807) is 12.1 Å². The Morgan fingerprint density at radius 3 is 2.25 bits per heavy atom. The van der Waals surface area contributed by atoms with Crippen LogP contribution >= 0.6 is 0 Å². The van der Waals surface area contributed by atoms with Gasteiger partial charge in [0, 0.05) is 6.54 Å². The maximum Gasteiger partial charge on any atom is 0.323 e. The van der Waals surface area contributed by atoms with Crippen LogP contribution in [0.5, 0.6) is 0 Å². The molecule has 110 valence electrons. The predicted octanol–water partition coefficient (Wildman–Crippen LogP) is -0.740. The molecule has 0 saturated heterocycles. The number of carboxylic acid groups (broad SMARTS) is 1. The minimum atomic E-state index is -3.70. The Kier molecular flexibility index (Phi) is 5.47. The minimum Gasteiger partial charge on any atom is -0.480 e. The van der Waals surface area contributed by atoms with E-state index in [0.29, 0.717) is 13.0 Å². The first-order valence-corrected chi connectivity index (χ1v) is 7.19. The molecule has 0 aliphatic rings. The lowest BCUT2D eigenvalue weighted by atomic mass is 10.1. The van der Waals surface area contributed by atoms with Crippen molar-refractivity contribution in [2.45, 2.75) is 11.3 Å². The molecule has 1 aromatic carbocycles. The molecule has 0 aliphatic heterocycles. The van der Waals surface area contributed by atoms with Crippen LogP contribution in [0.25, 0.3) is 0 Å². The number of hydrogen-bond donors (Lipinski definition) is 4. The van der Waals surface area contributed by atoms with Crippen molar-refractivity contribution in [1.29, 1.82) is 0 Å². The van der Waals surface area contributed by atoms with Crippen LogP contribution in [0.4, 0.5) is 4.79 Å². The highest BCUT2D eigenvalue weighted by Crippen LogP contribution is 2.08. The Balaban J connectivity index is 2.39. The van der Waals surface area contributed by atoms with E-state index in [-0.39, 0.29) is 4.90 Å². The third-order valence-electron chi connectivity index (χ3n) is 2.35. The van der Waals surface area contributed by atoms with Gasteiger partial charge >= 0.3 is 12.0 Å². The summed E-state index contributed by atoms with van der Waals surface area (Å²) in [7, 11) is -3.70. The van der Waals surface area contributed by atoms with Gasteiger partial charge in [-0.1, -0.05) is 12.1 Å². The summed E-state index contributed by atoms with van der Waals surface area (Å²) in [4.78, 5) is 21.4. The lowest BCUT2D eigenvalue weighted by Gasteiger charge is -2.06. The molecule has 2 amide bonds. The summed E-state index contributed by atoms with van der Waals surface area (Å²) >= 11 is 0. The SMILES string of the molecule is NS(=O)(=O)c1ccc(CCNC(=O)NCC(=O)O)cc1. The quantitative estimate of drug-likeness (QED) is 0.548. The van der Waals surface area contributed by atoms with Gasteiger partial charge in [0.1, 0.15) is 6.54 Å². The third kappa shape index (κ3) is 5.67. The first kappa shape index (κ1) is 15.9. The first-order valence-electron chi connectivity index (χ1n) is 5.64. The number of urea groups is 1. The molecule has 5 N–H and O–H groups in total. The molecule has 0 bridgehead atoms. The fourth-order valence-electron chi connectivity index (χ4n) is 1.38. The lowest BCUT2D eigenvalue weighted by Crippen LogP contribution is -2.39. The van der Waals surface area contributed by atoms with E-state index in [0.717, 1.165) is 5.56 Å². The van der Waals surface area contributed by atoms with Gasteiger partial charge in [0.15, 0.2) is 0 Å². The second-order valence-corrected chi connectivity index (χ2v) is 5.50. The monoisotopic (exact) mass is 301 g/mol. The molecule has 0 aliphatic carbocycles. The zero-order valence-electron chi connectivity index (χ0n) is 10.5. The third-order valence-corrected chi connectivity index (χ3v) is 3.28. The molecule has 0 spiro atoms. The van der Waals surface area contributed by atoms with Gasteiger partial charge in [-0.05, 0) is 24.1 Å². The summed E-state index contributed by atoms with van der Waals surface area (Å²) in [6, 6.07) is 5.38. The minimum absolute atomic E-state index is 0.0217. The number of rotatable bonds is 6. The van der Waals surface area contributed by atoms with Crippen molar-refractivity contribution in [1.82, 2.24) is 10.6 Å². The number of aliphatic carboxylic acids is 1. The second-order valence-electron chi connectivity index (χ2n) is 3.94. The Bertz CT molecular complexity index is 583. The van der Waals surface area contributed by atoms with Crippen LogP contribution in [-0.4, -0.2) is 38.6 Å². The number of sulfonamides is 1. The van der Waals surface area contributed by atoms with Crippen molar-refractivity contribution in [2.75, 3.05) is 13.1 Å². The van der Waals surface area contributed by atoms with Crippen molar-refractivity contribution in [3.8, 4) is 0 Å². The molecule has 9 heteroatoms. The number of benzene rings is 1. The van der Waals surface area contributed by atoms with E-state index in [4.69, 9.17) is 10.2 Å². The molecule has 1 aromatic rings. The zero-order valence-corrected chi connectivity index (χ0v) is 11.3. The summed E-state index contributed by atoms with van der Waals surface area (Å²) in [6.07, 6.45) is 0.478. The highest BCUT2D eigenvalue weighted by molar-refractivity contribution is 7.89. The van der Waals surface area contributed by atoms with Crippen LogP contribution in [0.1, 0.15) is 5.56 Å². The number of hydrogen-bond acceptors (Lipinski definition) is 4. The summed E-state index contributed by atoms with van der Waals surface area (Å²) < 4.78 is 22.1. The Hall–Kier alpha value is -2.13. The van der Waals surface area contributed by atoms with E-state index < -0.39 is 28.6 Å². The van der Waals surface area contributed by atoms with Crippen molar-refractivity contribution < 1.29 is 23.1 Å². The van der Waals surface area contributed by atoms with Gasteiger partial charge in [-0.3, -0.25) is 4.79 Å². The molecule has 0 unspecified atom stereocenters. The van der Waals surface area contributed by atoms with Gasteiger partial charge < -0.3 is 15.7 Å². The van der Waals surface area contributed by atoms with Crippen LogP contribution in [-0.2, 0) is 21.2 Å². The standard InChI is InChI=1S/C11H15N3O5S/c12-20(18,19)9-3-1-8(2-4-9)5-6-13-11(17)14-7-10(15)16/h1-4H,5-7H2,(H,15,16)(H2,12,18,19)(H2,13,14,17). The average molecular weight is 301 g/mol. The molecular weight excluding hydrogens is 286 g/mol. The molecule has 0 heterocycles. The van der Waals surface area contributed by atoms with Crippen LogP contribution < -0.4 is 15.8 Å². The van der Waals surface area contributed by atoms with Crippen LogP contribution in [0.3, 0.4) is 0 Å². The number of carboxylic acids is 1. The summed E-state index contributed by atoms with van der Waals surface area (Å²) in [5.74, 6) is -1.13. The summed E-state index contributed by atoms with van der Waals surface area (Å²) in [5.41, 5.74) is 0.816. The highest BCUT2D eigenvalue weighted by atomic mass is 32.2. The molecule has 8 nitrogen and oxygen atoms in total. The summed E-state index contributed by atoms with van der Waals surface area (Å²) in [6.45, 7) is -0.158. The molecular formula is C11H15N3O5S.